The van der Waals surface area contributed by atoms with E-state index >= 15 is 0 Å². The van der Waals surface area contributed by atoms with Crippen LogP contribution in [0.2, 0.25) is 0 Å². The Morgan fingerprint density at radius 3 is 3.00 bits per heavy atom. The van der Waals surface area contributed by atoms with E-state index in [-0.39, 0.29) is 0 Å². The van der Waals surface area contributed by atoms with Crippen molar-refractivity contribution in [3.63, 3.8) is 0 Å². The van der Waals surface area contributed by atoms with E-state index in [0.29, 0.717) is 6.42 Å². The van der Waals surface area contributed by atoms with Gasteiger partial charge in [0.1, 0.15) is 0 Å². The van der Waals surface area contributed by atoms with Gasteiger partial charge in [0.25, 0.3) is 0 Å². The minimum atomic E-state index is 0.706. The van der Waals surface area contributed by atoms with Gasteiger partial charge in [0.2, 0.25) is 0 Å². The van der Waals surface area contributed by atoms with E-state index in [0.717, 1.165) is 16.9 Å². The van der Waals surface area contributed by atoms with Crippen LogP contribution in [0.5, 0.6) is 0 Å². The molecule has 13 heavy (non-hydrogen) atoms. The quantitative estimate of drug-likeness (QED) is 0.690. The summed E-state index contributed by atoms with van der Waals surface area (Å²) < 4.78 is 0. The van der Waals surface area contributed by atoms with Gasteiger partial charge in [-0.05, 0) is 19.4 Å². The van der Waals surface area contributed by atoms with Crippen molar-refractivity contribution in [3.8, 4) is 0 Å². The average Bonchev–Trinajstić information content (AvgIpc) is 2.39. The van der Waals surface area contributed by atoms with Gasteiger partial charge < -0.3 is 5.32 Å². The topological polar surface area (TPSA) is 24.4 Å². The van der Waals surface area contributed by atoms with Gasteiger partial charge in [0.15, 0.2) is 0 Å². The largest absolute Gasteiger partial charge is 0.359 e. The SMILES string of the molecule is [CH2]CC1=CNc2ccccc2C=N1. The Hall–Kier alpha value is -1.57. The summed E-state index contributed by atoms with van der Waals surface area (Å²) in [6.07, 6.45) is 4.47. The van der Waals surface area contributed by atoms with Crippen LogP contribution in [0.4, 0.5) is 5.69 Å². The zero-order valence-electron chi connectivity index (χ0n) is 7.33. The zero-order chi connectivity index (χ0) is 9.10. The molecule has 0 unspecified atom stereocenters. The van der Waals surface area contributed by atoms with E-state index in [9.17, 15) is 0 Å². The highest BCUT2D eigenvalue weighted by atomic mass is 14.9. The number of hydrogen-bond donors (Lipinski definition) is 1. The first-order valence-corrected chi connectivity index (χ1v) is 4.28. The lowest BCUT2D eigenvalue weighted by Gasteiger charge is -2.01. The standard InChI is InChI=1S/C11H11N2/c1-2-10-8-13-11-6-4-3-5-9(11)7-12-10/h3-8,13H,1-2H2. The first-order valence-electron chi connectivity index (χ1n) is 4.28. The number of nitrogens with one attached hydrogen (secondary N) is 1. The fourth-order valence-corrected chi connectivity index (χ4v) is 1.23. The van der Waals surface area contributed by atoms with Crippen molar-refractivity contribution < 1.29 is 0 Å². The van der Waals surface area contributed by atoms with Crippen LogP contribution in [-0.4, -0.2) is 6.21 Å². The van der Waals surface area contributed by atoms with Crippen molar-refractivity contribution in [2.45, 2.75) is 6.42 Å². The van der Waals surface area contributed by atoms with E-state index in [1.807, 2.05) is 36.7 Å². The summed E-state index contributed by atoms with van der Waals surface area (Å²) in [4.78, 5) is 4.29. The van der Waals surface area contributed by atoms with Crippen LogP contribution < -0.4 is 5.32 Å². The third-order valence-corrected chi connectivity index (χ3v) is 1.98. The van der Waals surface area contributed by atoms with Gasteiger partial charge in [-0.2, -0.15) is 0 Å². The maximum Gasteiger partial charge on any atom is 0.0563 e. The normalized spacial score (nSPS) is 14.1. The van der Waals surface area contributed by atoms with Gasteiger partial charge in [0.05, 0.1) is 5.70 Å². The first-order chi connectivity index (χ1) is 6.40. The number of aliphatic imine (C=N–C) groups is 1. The summed E-state index contributed by atoms with van der Waals surface area (Å²) in [5, 5.41) is 3.20. The second kappa shape index (κ2) is 3.44. The number of para-hydroxylation sites is 1. The monoisotopic (exact) mass is 171 g/mol. The molecule has 65 valence electrons. The van der Waals surface area contributed by atoms with E-state index in [1.165, 1.54) is 0 Å². The summed E-state index contributed by atoms with van der Waals surface area (Å²) in [5.74, 6) is 0. The molecule has 0 aliphatic carbocycles. The molecule has 0 bridgehead atoms. The van der Waals surface area contributed by atoms with Crippen molar-refractivity contribution in [1.29, 1.82) is 0 Å². The Labute approximate surface area is 78.0 Å². The molecule has 2 heteroatoms. The molecular weight excluding hydrogens is 160 g/mol. The third-order valence-electron chi connectivity index (χ3n) is 1.98. The molecule has 0 saturated heterocycles. The second-order valence-corrected chi connectivity index (χ2v) is 2.88. The Kier molecular flexibility index (Phi) is 2.13. The molecule has 0 fully saturated rings. The molecule has 2 nitrogen and oxygen atoms in total. The highest BCUT2D eigenvalue weighted by molar-refractivity contribution is 5.89. The zero-order valence-corrected chi connectivity index (χ0v) is 7.33. The van der Waals surface area contributed by atoms with Gasteiger partial charge >= 0.3 is 0 Å². The molecule has 0 atom stereocenters. The highest BCUT2D eigenvalue weighted by Gasteiger charge is 2.01. The molecule has 1 aromatic carbocycles. The molecule has 1 aliphatic rings. The number of fused-ring (bicyclic) bond motifs is 1. The lowest BCUT2D eigenvalue weighted by molar-refractivity contribution is 1.16. The van der Waals surface area contributed by atoms with E-state index in [1.54, 1.807) is 0 Å². The molecule has 0 spiro atoms. The highest BCUT2D eigenvalue weighted by Crippen LogP contribution is 2.17. The lowest BCUT2D eigenvalue weighted by atomic mass is 10.2. The minimum Gasteiger partial charge on any atom is -0.359 e. The molecule has 1 aromatic rings. The van der Waals surface area contributed by atoms with Crippen molar-refractivity contribution in [2.75, 3.05) is 5.32 Å². The second-order valence-electron chi connectivity index (χ2n) is 2.88. The molecule has 0 amide bonds. The van der Waals surface area contributed by atoms with Gasteiger partial charge in [0, 0.05) is 23.7 Å². The Morgan fingerprint density at radius 2 is 2.15 bits per heavy atom. The van der Waals surface area contributed by atoms with Crippen LogP contribution in [0.15, 0.2) is 41.2 Å². The molecule has 1 aliphatic heterocycles. The average molecular weight is 171 g/mol. The van der Waals surface area contributed by atoms with Crippen LogP contribution in [-0.2, 0) is 0 Å². The molecule has 1 N–H and O–H groups in total. The Balaban J connectivity index is 2.39. The van der Waals surface area contributed by atoms with Gasteiger partial charge in [-0.3, -0.25) is 4.99 Å². The van der Waals surface area contributed by atoms with Crippen molar-refractivity contribution in [1.82, 2.24) is 0 Å². The van der Waals surface area contributed by atoms with Crippen molar-refractivity contribution in [3.05, 3.63) is 48.6 Å². The predicted octanol–water partition coefficient (Wildman–Crippen LogP) is 2.60. The maximum absolute atomic E-state index is 4.29. The van der Waals surface area contributed by atoms with Crippen LogP contribution in [0.25, 0.3) is 0 Å². The fraction of sp³-hybridized carbons (Fsp3) is 0.0909. The van der Waals surface area contributed by atoms with E-state index < -0.39 is 0 Å². The first kappa shape index (κ1) is 8.05. The summed E-state index contributed by atoms with van der Waals surface area (Å²) in [7, 11) is 0. The number of allylic oxidation sites excluding steroid dienone is 1. The van der Waals surface area contributed by atoms with Gasteiger partial charge in [-0.1, -0.05) is 18.2 Å². The molecule has 1 radical (unpaired) electrons. The Bertz CT molecular complexity index is 364. The van der Waals surface area contributed by atoms with Gasteiger partial charge in [-0.25, -0.2) is 0 Å². The Morgan fingerprint density at radius 1 is 1.31 bits per heavy atom. The summed E-state index contributed by atoms with van der Waals surface area (Å²) in [6.45, 7) is 3.79. The predicted molar refractivity (Wildman–Crippen MR) is 55.7 cm³/mol. The van der Waals surface area contributed by atoms with E-state index in [4.69, 9.17) is 0 Å². The number of hydrogen-bond acceptors (Lipinski definition) is 2. The number of rotatable bonds is 1. The summed E-state index contributed by atoms with van der Waals surface area (Å²) in [6, 6.07) is 8.07. The summed E-state index contributed by atoms with van der Waals surface area (Å²) >= 11 is 0. The van der Waals surface area contributed by atoms with Crippen LogP contribution >= 0.6 is 0 Å². The third kappa shape index (κ3) is 1.61. The molecule has 0 aromatic heterocycles. The number of nitrogens with zero attached hydrogens (tertiary/aromatic N) is 1. The van der Waals surface area contributed by atoms with Crippen molar-refractivity contribution >= 4 is 11.9 Å². The van der Waals surface area contributed by atoms with Crippen LogP contribution in [0, 0.1) is 6.92 Å². The molecule has 2 rings (SSSR count). The van der Waals surface area contributed by atoms with Crippen LogP contribution in [0.3, 0.4) is 0 Å². The number of benzene rings is 1. The van der Waals surface area contributed by atoms with Crippen molar-refractivity contribution in [2.24, 2.45) is 4.99 Å². The van der Waals surface area contributed by atoms with E-state index in [2.05, 4.69) is 17.2 Å². The maximum atomic E-state index is 4.29. The minimum absolute atomic E-state index is 0.706. The number of anilines is 1. The smallest absolute Gasteiger partial charge is 0.0563 e. The molecule has 0 saturated carbocycles. The van der Waals surface area contributed by atoms with Crippen LogP contribution in [0.1, 0.15) is 12.0 Å². The molecular formula is C11H11N2. The molecule has 1 heterocycles. The lowest BCUT2D eigenvalue weighted by Crippen LogP contribution is -1.90. The van der Waals surface area contributed by atoms with Gasteiger partial charge in [-0.15, -0.1) is 0 Å². The fourth-order valence-electron chi connectivity index (χ4n) is 1.23. The summed E-state index contributed by atoms with van der Waals surface area (Å²) in [5.41, 5.74) is 3.17.